The Kier molecular flexibility index (Phi) is 5.21. The molecular weight excluding hydrogens is 314 g/mol. The predicted molar refractivity (Wildman–Crippen MR) is 87.2 cm³/mol. The summed E-state index contributed by atoms with van der Waals surface area (Å²) < 4.78 is 7.10. The number of hydrogen-bond acceptors (Lipinski definition) is 2. The first-order chi connectivity index (χ1) is 9.61. The summed E-state index contributed by atoms with van der Waals surface area (Å²) in [5, 5.41) is 3.18. The minimum atomic E-state index is 0.578. The first-order valence-corrected chi connectivity index (χ1v) is 7.52. The molecule has 0 aliphatic rings. The summed E-state index contributed by atoms with van der Waals surface area (Å²) in [5.74, 6) is 0.987. The summed E-state index contributed by atoms with van der Waals surface area (Å²) in [7, 11) is 1.96. The number of hydrogen-bond donors (Lipinski definition) is 1. The molecule has 0 aromatic heterocycles. The first kappa shape index (κ1) is 15.1. The average Bonchev–Trinajstić information content (AvgIpc) is 2.40. The molecular formula is C17H20BrNO. The van der Waals surface area contributed by atoms with Gasteiger partial charge in [-0.3, -0.25) is 0 Å². The van der Waals surface area contributed by atoms with Crippen molar-refractivity contribution in [1.29, 1.82) is 0 Å². The zero-order valence-corrected chi connectivity index (χ0v) is 13.8. The molecule has 0 heterocycles. The largest absolute Gasteiger partial charge is 0.488 e. The van der Waals surface area contributed by atoms with E-state index in [1.165, 1.54) is 16.7 Å². The number of nitrogens with one attached hydrogen (secondary N) is 1. The SMILES string of the molecule is CNCc1cc(C)c(OCc2ccccc2Br)c(C)c1. The molecule has 0 radical (unpaired) electrons. The quantitative estimate of drug-likeness (QED) is 0.877. The maximum Gasteiger partial charge on any atom is 0.125 e. The lowest BCUT2D eigenvalue weighted by Gasteiger charge is -2.14. The number of aryl methyl sites for hydroxylation is 2. The Bertz CT molecular complexity index is 572. The molecule has 0 bridgehead atoms. The predicted octanol–water partition coefficient (Wildman–Crippen LogP) is 4.36. The van der Waals surface area contributed by atoms with Crippen molar-refractivity contribution in [3.05, 3.63) is 63.1 Å². The Balaban J connectivity index is 2.16. The number of rotatable bonds is 5. The maximum atomic E-state index is 6.02. The van der Waals surface area contributed by atoms with Crippen LogP contribution in [0.4, 0.5) is 0 Å². The normalized spacial score (nSPS) is 10.6. The van der Waals surface area contributed by atoms with Gasteiger partial charge in [-0.25, -0.2) is 0 Å². The standard InChI is InChI=1S/C17H20BrNO/c1-12-8-14(10-19-3)9-13(2)17(12)20-11-15-6-4-5-7-16(15)18/h4-9,19H,10-11H2,1-3H3. The smallest absolute Gasteiger partial charge is 0.125 e. The Labute approximate surface area is 129 Å². The van der Waals surface area contributed by atoms with Gasteiger partial charge in [0.15, 0.2) is 0 Å². The maximum absolute atomic E-state index is 6.02. The summed E-state index contributed by atoms with van der Waals surface area (Å²) in [6, 6.07) is 12.5. The van der Waals surface area contributed by atoms with Crippen molar-refractivity contribution >= 4 is 15.9 Å². The second kappa shape index (κ2) is 6.91. The summed E-state index contributed by atoms with van der Waals surface area (Å²) in [4.78, 5) is 0. The highest BCUT2D eigenvalue weighted by Gasteiger charge is 2.07. The molecule has 2 aromatic rings. The van der Waals surface area contributed by atoms with E-state index in [-0.39, 0.29) is 0 Å². The monoisotopic (exact) mass is 333 g/mol. The molecule has 0 saturated heterocycles. The fourth-order valence-corrected chi connectivity index (χ4v) is 2.74. The molecule has 2 aromatic carbocycles. The molecule has 2 nitrogen and oxygen atoms in total. The van der Waals surface area contributed by atoms with Crippen molar-refractivity contribution < 1.29 is 4.74 Å². The van der Waals surface area contributed by atoms with E-state index in [1.54, 1.807) is 0 Å². The van der Waals surface area contributed by atoms with Gasteiger partial charge in [-0.1, -0.05) is 46.3 Å². The summed E-state index contributed by atoms with van der Waals surface area (Å²) in [6.45, 7) is 5.66. The van der Waals surface area contributed by atoms with Crippen LogP contribution in [0, 0.1) is 13.8 Å². The Hall–Kier alpha value is -1.32. The third kappa shape index (κ3) is 3.62. The zero-order chi connectivity index (χ0) is 14.5. The van der Waals surface area contributed by atoms with E-state index in [4.69, 9.17) is 4.74 Å². The van der Waals surface area contributed by atoms with Crippen molar-refractivity contribution in [2.75, 3.05) is 7.05 Å². The second-order valence-electron chi connectivity index (χ2n) is 4.97. The number of benzene rings is 2. The lowest BCUT2D eigenvalue weighted by atomic mass is 10.1. The van der Waals surface area contributed by atoms with Crippen LogP contribution in [0.15, 0.2) is 40.9 Å². The molecule has 0 aliphatic heterocycles. The minimum absolute atomic E-state index is 0.578. The lowest BCUT2D eigenvalue weighted by Crippen LogP contribution is -2.06. The van der Waals surface area contributed by atoms with Crippen LogP contribution in [0.5, 0.6) is 5.75 Å². The molecule has 0 atom stereocenters. The molecule has 0 fully saturated rings. The Morgan fingerprint density at radius 2 is 1.75 bits per heavy atom. The van der Waals surface area contributed by atoms with Gasteiger partial charge in [0.05, 0.1) is 0 Å². The van der Waals surface area contributed by atoms with E-state index in [1.807, 2.05) is 25.2 Å². The van der Waals surface area contributed by atoms with Gasteiger partial charge in [-0.2, -0.15) is 0 Å². The molecule has 0 aliphatic carbocycles. The zero-order valence-electron chi connectivity index (χ0n) is 12.2. The van der Waals surface area contributed by atoms with Crippen LogP contribution < -0.4 is 10.1 Å². The van der Waals surface area contributed by atoms with Crippen molar-refractivity contribution in [1.82, 2.24) is 5.32 Å². The van der Waals surface area contributed by atoms with Gasteiger partial charge < -0.3 is 10.1 Å². The molecule has 20 heavy (non-hydrogen) atoms. The first-order valence-electron chi connectivity index (χ1n) is 6.72. The summed E-state index contributed by atoms with van der Waals surface area (Å²) >= 11 is 3.55. The number of halogens is 1. The van der Waals surface area contributed by atoms with Crippen LogP contribution in [0.2, 0.25) is 0 Å². The molecule has 0 saturated carbocycles. The third-order valence-corrected chi connectivity index (χ3v) is 4.00. The molecule has 0 unspecified atom stereocenters. The van der Waals surface area contributed by atoms with Gasteiger partial charge in [0.2, 0.25) is 0 Å². The Morgan fingerprint density at radius 3 is 2.35 bits per heavy atom. The number of ether oxygens (including phenoxy) is 1. The Morgan fingerprint density at radius 1 is 1.10 bits per heavy atom. The molecule has 0 spiro atoms. The van der Waals surface area contributed by atoms with Crippen LogP contribution in [0.1, 0.15) is 22.3 Å². The van der Waals surface area contributed by atoms with Gasteiger partial charge in [-0.15, -0.1) is 0 Å². The molecule has 106 valence electrons. The van der Waals surface area contributed by atoms with Gasteiger partial charge in [0, 0.05) is 16.6 Å². The van der Waals surface area contributed by atoms with E-state index in [2.05, 4.69) is 53.3 Å². The van der Waals surface area contributed by atoms with Crippen LogP contribution in [0.25, 0.3) is 0 Å². The van der Waals surface area contributed by atoms with E-state index >= 15 is 0 Å². The fraction of sp³-hybridized carbons (Fsp3) is 0.294. The summed E-state index contributed by atoms with van der Waals surface area (Å²) in [6.07, 6.45) is 0. The van der Waals surface area contributed by atoms with Crippen molar-refractivity contribution in [2.45, 2.75) is 27.0 Å². The van der Waals surface area contributed by atoms with E-state index in [0.29, 0.717) is 6.61 Å². The molecule has 1 N–H and O–H groups in total. The molecule has 3 heteroatoms. The lowest BCUT2D eigenvalue weighted by molar-refractivity contribution is 0.301. The minimum Gasteiger partial charge on any atom is -0.488 e. The van der Waals surface area contributed by atoms with Gasteiger partial charge in [0.25, 0.3) is 0 Å². The highest BCUT2D eigenvalue weighted by atomic mass is 79.9. The van der Waals surface area contributed by atoms with Crippen molar-refractivity contribution in [3.8, 4) is 5.75 Å². The van der Waals surface area contributed by atoms with E-state index in [0.717, 1.165) is 22.3 Å². The van der Waals surface area contributed by atoms with Crippen LogP contribution >= 0.6 is 15.9 Å². The fourth-order valence-electron chi connectivity index (χ4n) is 2.34. The van der Waals surface area contributed by atoms with Crippen molar-refractivity contribution in [2.24, 2.45) is 0 Å². The van der Waals surface area contributed by atoms with Crippen molar-refractivity contribution in [3.63, 3.8) is 0 Å². The molecule has 2 rings (SSSR count). The van der Waals surface area contributed by atoms with Crippen LogP contribution in [-0.2, 0) is 13.2 Å². The van der Waals surface area contributed by atoms with E-state index in [9.17, 15) is 0 Å². The third-order valence-electron chi connectivity index (χ3n) is 3.23. The van der Waals surface area contributed by atoms with E-state index < -0.39 is 0 Å². The highest BCUT2D eigenvalue weighted by Crippen LogP contribution is 2.27. The topological polar surface area (TPSA) is 21.3 Å². The molecule has 0 amide bonds. The van der Waals surface area contributed by atoms with Gasteiger partial charge in [0.1, 0.15) is 12.4 Å². The van der Waals surface area contributed by atoms with Gasteiger partial charge >= 0.3 is 0 Å². The van der Waals surface area contributed by atoms with Crippen LogP contribution in [0.3, 0.4) is 0 Å². The average molecular weight is 334 g/mol. The highest BCUT2D eigenvalue weighted by molar-refractivity contribution is 9.10. The second-order valence-corrected chi connectivity index (χ2v) is 5.82. The summed E-state index contributed by atoms with van der Waals surface area (Å²) in [5.41, 5.74) is 4.81. The van der Waals surface area contributed by atoms with Gasteiger partial charge in [-0.05, 0) is 43.7 Å². The van der Waals surface area contributed by atoms with Crippen LogP contribution in [-0.4, -0.2) is 7.05 Å².